The monoisotopic (exact) mass is 407 g/mol. The Bertz CT molecular complexity index is 1070. The van der Waals surface area contributed by atoms with Crippen LogP contribution in [0.3, 0.4) is 0 Å². The molecule has 0 spiro atoms. The van der Waals surface area contributed by atoms with Crippen molar-refractivity contribution in [3.63, 3.8) is 0 Å². The van der Waals surface area contributed by atoms with Crippen molar-refractivity contribution in [3.05, 3.63) is 52.9 Å². The predicted octanol–water partition coefficient (Wildman–Crippen LogP) is 4.62. The Labute approximate surface area is 175 Å². The minimum atomic E-state index is 0.0475. The van der Waals surface area contributed by atoms with Gasteiger partial charge in [0.05, 0.1) is 12.2 Å². The number of hydrogen-bond acceptors (Lipinski definition) is 7. The van der Waals surface area contributed by atoms with Crippen LogP contribution in [-0.2, 0) is 11.3 Å². The van der Waals surface area contributed by atoms with Crippen LogP contribution in [0.5, 0.6) is 5.75 Å². The van der Waals surface area contributed by atoms with Gasteiger partial charge in [-0.25, -0.2) is 0 Å². The van der Waals surface area contributed by atoms with Crippen molar-refractivity contribution in [1.82, 2.24) is 4.98 Å². The molecule has 1 saturated heterocycles. The van der Waals surface area contributed by atoms with E-state index in [0.29, 0.717) is 37.1 Å². The summed E-state index contributed by atoms with van der Waals surface area (Å²) < 4.78 is 23.5. The van der Waals surface area contributed by atoms with E-state index in [1.807, 2.05) is 50.8 Å². The van der Waals surface area contributed by atoms with Crippen LogP contribution in [0.1, 0.15) is 36.4 Å². The maximum Gasteiger partial charge on any atom is 0.266 e. The Kier molecular flexibility index (Phi) is 5.51. The molecular weight excluding hydrogens is 382 g/mol. The maximum absolute atomic E-state index is 9.52. The van der Waals surface area contributed by atoms with Crippen LogP contribution in [0.25, 0.3) is 11.7 Å². The number of oxazole rings is 1. The Morgan fingerprint density at radius 1 is 1.13 bits per heavy atom. The molecule has 0 N–H and O–H groups in total. The van der Waals surface area contributed by atoms with Crippen molar-refractivity contribution in [2.45, 2.75) is 46.5 Å². The van der Waals surface area contributed by atoms with E-state index in [4.69, 9.17) is 18.3 Å². The molecule has 2 aromatic heterocycles. The first kappa shape index (κ1) is 20.0. The van der Waals surface area contributed by atoms with Gasteiger partial charge in [-0.15, -0.1) is 0 Å². The van der Waals surface area contributed by atoms with Gasteiger partial charge >= 0.3 is 0 Å². The number of ether oxygens (including phenoxy) is 2. The molecule has 1 fully saturated rings. The van der Waals surface area contributed by atoms with E-state index in [0.717, 1.165) is 16.9 Å². The second-order valence-electron chi connectivity index (χ2n) is 7.77. The summed E-state index contributed by atoms with van der Waals surface area (Å²) in [6, 6.07) is 11.8. The molecule has 0 saturated carbocycles. The molecule has 0 radical (unpaired) electrons. The zero-order valence-corrected chi connectivity index (χ0v) is 17.6. The van der Waals surface area contributed by atoms with E-state index in [9.17, 15) is 5.26 Å². The highest BCUT2D eigenvalue weighted by Gasteiger charge is 2.28. The van der Waals surface area contributed by atoms with Crippen LogP contribution in [0.2, 0.25) is 0 Å². The molecule has 0 bridgehead atoms. The van der Waals surface area contributed by atoms with E-state index < -0.39 is 0 Å². The van der Waals surface area contributed by atoms with Crippen LogP contribution in [0, 0.1) is 25.2 Å². The molecule has 156 valence electrons. The minimum absolute atomic E-state index is 0.0475. The average molecular weight is 407 g/mol. The molecule has 4 rings (SSSR count). The third-order valence-corrected chi connectivity index (χ3v) is 5.01. The van der Waals surface area contributed by atoms with E-state index >= 15 is 0 Å². The topological polar surface area (TPSA) is 84.7 Å². The van der Waals surface area contributed by atoms with Crippen LogP contribution in [0.15, 0.2) is 39.2 Å². The summed E-state index contributed by atoms with van der Waals surface area (Å²) in [6.45, 7) is 9.61. The van der Waals surface area contributed by atoms with Crippen LogP contribution in [0.4, 0.5) is 5.88 Å². The first-order chi connectivity index (χ1) is 14.4. The summed E-state index contributed by atoms with van der Waals surface area (Å²) in [6.07, 6.45) is 0.0950. The lowest BCUT2D eigenvalue weighted by atomic mass is 10.1. The molecule has 7 heteroatoms. The third kappa shape index (κ3) is 4.19. The summed E-state index contributed by atoms with van der Waals surface area (Å²) in [5.74, 6) is 2.68. The van der Waals surface area contributed by atoms with Crippen molar-refractivity contribution in [2.24, 2.45) is 0 Å². The molecule has 1 aliphatic rings. The van der Waals surface area contributed by atoms with Gasteiger partial charge in [0, 0.05) is 13.1 Å². The first-order valence-electron chi connectivity index (χ1n) is 10.0. The van der Waals surface area contributed by atoms with Gasteiger partial charge in [-0.2, -0.15) is 10.2 Å². The van der Waals surface area contributed by atoms with E-state index in [1.54, 1.807) is 6.07 Å². The molecule has 30 heavy (non-hydrogen) atoms. The molecule has 1 aromatic carbocycles. The third-order valence-electron chi connectivity index (χ3n) is 5.01. The van der Waals surface area contributed by atoms with Crippen molar-refractivity contribution >= 4 is 5.88 Å². The number of furan rings is 1. The van der Waals surface area contributed by atoms with Gasteiger partial charge in [-0.3, -0.25) is 0 Å². The van der Waals surface area contributed by atoms with Crippen LogP contribution >= 0.6 is 0 Å². The first-order valence-corrected chi connectivity index (χ1v) is 10.0. The molecule has 0 unspecified atom stereocenters. The number of aryl methyl sites for hydroxylation is 2. The summed E-state index contributed by atoms with van der Waals surface area (Å²) in [5.41, 5.74) is 2.45. The SMILES string of the molecule is Cc1ccc(C)c(OCc2ccc(-c3nc(C#N)c(N4C[C@@H](C)O[C@H](C)C4)o3)o2)c1. The number of benzene rings is 1. The standard InChI is InChI=1S/C23H25N3O4/c1-14-5-6-15(2)21(9-14)27-13-18-7-8-20(29-18)22-25-19(10-24)23(30-22)26-11-16(3)28-17(4)12-26/h5-9,16-17H,11-13H2,1-4H3/t16-,17-/m1/s1. The highest BCUT2D eigenvalue weighted by atomic mass is 16.5. The Hall–Kier alpha value is -3.24. The number of nitrogens with zero attached hydrogens (tertiary/aromatic N) is 3. The molecule has 1 aliphatic heterocycles. The second kappa shape index (κ2) is 8.25. The summed E-state index contributed by atoms with van der Waals surface area (Å²) >= 11 is 0. The van der Waals surface area contributed by atoms with Gasteiger partial charge in [0.2, 0.25) is 11.6 Å². The fraction of sp³-hybridized carbons (Fsp3) is 0.391. The van der Waals surface area contributed by atoms with Gasteiger partial charge in [0.25, 0.3) is 5.89 Å². The largest absolute Gasteiger partial charge is 0.485 e. The van der Waals surface area contributed by atoms with Gasteiger partial charge < -0.3 is 23.2 Å². The van der Waals surface area contributed by atoms with Crippen molar-refractivity contribution in [1.29, 1.82) is 5.26 Å². The number of nitriles is 1. The van der Waals surface area contributed by atoms with Gasteiger partial charge in [-0.1, -0.05) is 12.1 Å². The number of hydrogen-bond donors (Lipinski definition) is 0. The van der Waals surface area contributed by atoms with Gasteiger partial charge in [0.1, 0.15) is 24.2 Å². The average Bonchev–Trinajstić information content (AvgIpc) is 3.34. The molecule has 3 aromatic rings. The second-order valence-corrected chi connectivity index (χ2v) is 7.77. The summed E-state index contributed by atoms with van der Waals surface area (Å²) in [7, 11) is 0. The lowest BCUT2D eigenvalue weighted by Gasteiger charge is -2.34. The van der Waals surface area contributed by atoms with E-state index in [1.165, 1.54) is 0 Å². The van der Waals surface area contributed by atoms with E-state index in [-0.39, 0.29) is 23.8 Å². The maximum atomic E-state index is 9.52. The Morgan fingerprint density at radius 3 is 2.63 bits per heavy atom. The molecular formula is C23H25N3O4. The minimum Gasteiger partial charge on any atom is -0.485 e. The number of rotatable bonds is 5. The number of aromatic nitrogens is 1. The lowest BCUT2D eigenvalue weighted by Crippen LogP contribution is -2.45. The molecule has 0 aliphatic carbocycles. The lowest BCUT2D eigenvalue weighted by molar-refractivity contribution is -0.00639. The number of anilines is 1. The smallest absolute Gasteiger partial charge is 0.266 e. The summed E-state index contributed by atoms with van der Waals surface area (Å²) in [5, 5.41) is 9.52. The van der Waals surface area contributed by atoms with Gasteiger partial charge in [-0.05, 0) is 57.0 Å². The van der Waals surface area contributed by atoms with Crippen molar-refractivity contribution in [3.8, 4) is 23.5 Å². The van der Waals surface area contributed by atoms with Crippen LogP contribution < -0.4 is 9.64 Å². The summed E-state index contributed by atoms with van der Waals surface area (Å²) in [4.78, 5) is 6.34. The van der Waals surface area contributed by atoms with Crippen molar-refractivity contribution < 1.29 is 18.3 Å². The fourth-order valence-electron chi connectivity index (χ4n) is 3.63. The zero-order chi connectivity index (χ0) is 21.3. The zero-order valence-electron chi connectivity index (χ0n) is 17.6. The molecule has 3 heterocycles. The highest BCUT2D eigenvalue weighted by molar-refractivity contribution is 5.56. The van der Waals surface area contributed by atoms with Gasteiger partial charge in [0.15, 0.2) is 5.76 Å². The Morgan fingerprint density at radius 2 is 1.90 bits per heavy atom. The molecule has 2 atom stereocenters. The fourth-order valence-corrected chi connectivity index (χ4v) is 3.63. The van der Waals surface area contributed by atoms with Crippen LogP contribution in [-0.4, -0.2) is 30.3 Å². The van der Waals surface area contributed by atoms with E-state index in [2.05, 4.69) is 17.1 Å². The quantitative estimate of drug-likeness (QED) is 0.610. The highest BCUT2D eigenvalue weighted by Crippen LogP contribution is 2.31. The number of morpholine rings is 1. The Balaban J connectivity index is 1.51. The molecule has 7 nitrogen and oxygen atoms in total. The normalized spacial score (nSPS) is 19.0. The molecule has 0 amide bonds. The van der Waals surface area contributed by atoms with Crippen molar-refractivity contribution in [2.75, 3.05) is 18.0 Å². The predicted molar refractivity (Wildman–Crippen MR) is 111 cm³/mol.